The van der Waals surface area contributed by atoms with E-state index in [4.69, 9.17) is 4.42 Å². The smallest absolute Gasteiger partial charge is 0.118 e. The van der Waals surface area contributed by atoms with Crippen molar-refractivity contribution >= 4 is 0 Å². The number of aryl methyl sites for hydroxylation is 1. The second-order valence-electron chi connectivity index (χ2n) is 5.07. The largest absolute Gasteiger partial charge is 0.465 e. The molecule has 1 rings (SSSR count). The Morgan fingerprint density at radius 3 is 2.65 bits per heavy atom. The maximum absolute atomic E-state index is 5.56. The van der Waals surface area contributed by atoms with Gasteiger partial charge in [0.25, 0.3) is 0 Å². The molecule has 17 heavy (non-hydrogen) atoms. The topological polar surface area (TPSA) is 28.4 Å². The Balaban J connectivity index is 2.07. The lowest BCUT2D eigenvalue weighted by atomic mass is 10.2. The minimum Gasteiger partial charge on any atom is -0.465 e. The zero-order chi connectivity index (χ0) is 12.7. The van der Waals surface area contributed by atoms with Gasteiger partial charge >= 0.3 is 0 Å². The van der Waals surface area contributed by atoms with Gasteiger partial charge in [0.1, 0.15) is 11.5 Å². The molecule has 1 heterocycles. The molecule has 0 fully saturated rings. The summed E-state index contributed by atoms with van der Waals surface area (Å²) < 4.78 is 5.56. The Kier molecular flexibility index (Phi) is 6.30. The molecule has 3 nitrogen and oxygen atoms in total. The van der Waals surface area contributed by atoms with Crippen LogP contribution in [0.5, 0.6) is 0 Å². The van der Waals surface area contributed by atoms with Crippen LogP contribution < -0.4 is 5.32 Å². The van der Waals surface area contributed by atoms with E-state index in [9.17, 15) is 0 Å². The van der Waals surface area contributed by atoms with Crippen LogP contribution in [0.3, 0.4) is 0 Å². The predicted molar refractivity (Wildman–Crippen MR) is 72.2 cm³/mol. The fourth-order valence-corrected chi connectivity index (χ4v) is 1.81. The first-order valence-corrected chi connectivity index (χ1v) is 6.55. The van der Waals surface area contributed by atoms with Crippen LogP contribution in [-0.2, 0) is 6.54 Å². The highest BCUT2D eigenvalue weighted by Gasteiger charge is 2.03. The number of unbranched alkanes of at least 4 members (excludes halogenated alkanes) is 1. The lowest BCUT2D eigenvalue weighted by Gasteiger charge is -2.15. The van der Waals surface area contributed by atoms with Crippen LogP contribution in [0.25, 0.3) is 0 Å². The molecular formula is C14H26N2O. The van der Waals surface area contributed by atoms with Crippen molar-refractivity contribution in [3.05, 3.63) is 23.7 Å². The Hall–Kier alpha value is -0.800. The lowest BCUT2D eigenvalue weighted by Crippen LogP contribution is -2.25. The van der Waals surface area contributed by atoms with Gasteiger partial charge in [-0.05, 0) is 52.0 Å². The van der Waals surface area contributed by atoms with E-state index in [0.717, 1.165) is 31.2 Å². The van der Waals surface area contributed by atoms with Gasteiger partial charge in [0.15, 0.2) is 0 Å². The van der Waals surface area contributed by atoms with E-state index in [1.165, 1.54) is 12.8 Å². The highest BCUT2D eigenvalue weighted by Crippen LogP contribution is 2.08. The molecule has 0 atom stereocenters. The van der Waals surface area contributed by atoms with Crippen molar-refractivity contribution in [2.45, 2.75) is 46.2 Å². The Labute approximate surface area is 105 Å². The summed E-state index contributed by atoms with van der Waals surface area (Å²) in [4.78, 5) is 2.31. The summed E-state index contributed by atoms with van der Waals surface area (Å²) in [7, 11) is 2.15. The second-order valence-corrected chi connectivity index (χ2v) is 5.07. The van der Waals surface area contributed by atoms with E-state index in [0.29, 0.717) is 6.04 Å². The van der Waals surface area contributed by atoms with Gasteiger partial charge in [-0.1, -0.05) is 13.8 Å². The molecule has 0 aliphatic rings. The standard InChI is InChI=1S/C14H26N2O/c1-12(2)15-9-5-6-10-16(4)11-14-8-7-13(3)17-14/h7-8,12,15H,5-6,9-11H2,1-4H3. The quantitative estimate of drug-likeness (QED) is 0.706. The van der Waals surface area contributed by atoms with Crippen molar-refractivity contribution in [1.82, 2.24) is 10.2 Å². The van der Waals surface area contributed by atoms with E-state index in [-0.39, 0.29) is 0 Å². The molecule has 0 radical (unpaired) electrons. The molecule has 0 unspecified atom stereocenters. The van der Waals surface area contributed by atoms with Gasteiger partial charge in [-0.25, -0.2) is 0 Å². The van der Waals surface area contributed by atoms with Gasteiger partial charge < -0.3 is 9.73 Å². The SMILES string of the molecule is Cc1ccc(CN(C)CCCCNC(C)C)o1. The minimum atomic E-state index is 0.596. The lowest BCUT2D eigenvalue weighted by molar-refractivity contribution is 0.286. The van der Waals surface area contributed by atoms with Gasteiger partial charge in [-0.15, -0.1) is 0 Å². The number of hydrogen-bond acceptors (Lipinski definition) is 3. The molecule has 0 aliphatic carbocycles. The molecule has 0 aromatic carbocycles. The van der Waals surface area contributed by atoms with Gasteiger partial charge in [-0.2, -0.15) is 0 Å². The maximum atomic E-state index is 5.56. The molecule has 0 spiro atoms. The summed E-state index contributed by atoms with van der Waals surface area (Å²) in [6, 6.07) is 4.68. The first-order chi connectivity index (χ1) is 8.08. The van der Waals surface area contributed by atoms with Crippen molar-refractivity contribution in [3.63, 3.8) is 0 Å². The second kappa shape index (κ2) is 7.51. The van der Waals surface area contributed by atoms with E-state index >= 15 is 0 Å². The number of rotatable bonds is 8. The number of furan rings is 1. The zero-order valence-electron chi connectivity index (χ0n) is 11.6. The number of hydrogen-bond donors (Lipinski definition) is 1. The van der Waals surface area contributed by atoms with Crippen molar-refractivity contribution in [2.24, 2.45) is 0 Å². The maximum Gasteiger partial charge on any atom is 0.118 e. The van der Waals surface area contributed by atoms with E-state index in [1.807, 2.05) is 13.0 Å². The minimum absolute atomic E-state index is 0.596. The van der Waals surface area contributed by atoms with Crippen LogP contribution in [0.2, 0.25) is 0 Å². The molecule has 1 aromatic heterocycles. The summed E-state index contributed by atoms with van der Waals surface area (Å²) in [6.07, 6.45) is 2.47. The first-order valence-electron chi connectivity index (χ1n) is 6.55. The fourth-order valence-electron chi connectivity index (χ4n) is 1.81. The first kappa shape index (κ1) is 14.3. The Bertz CT molecular complexity index is 307. The van der Waals surface area contributed by atoms with Crippen LogP contribution >= 0.6 is 0 Å². The van der Waals surface area contributed by atoms with Crippen molar-refractivity contribution in [3.8, 4) is 0 Å². The third-order valence-electron chi connectivity index (χ3n) is 2.74. The molecular weight excluding hydrogens is 212 g/mol. The Morgan fingerprint density at radius 2 is 2.06 bits per heavy atom. The summed E-state index contributed by atoms with van der Waals surface area (Å²) in [5.74, 6) is 2.06. The van der Waals surface area contributed by atoms with Gasteiger partial charge in [0.05, 0.1) is 6.54 Å². The molecule has 0 aliphatic heterocycles. The predicted octanol–water partition coefficient (Wildman–Crippen LogP) is 2.80. The molecule has 0 amide bonds. The summed E-state index contributed by atoms with van der Waals surface area (Å²) >= 11 is 0. The van der Waals surface area contributed by atoms with E-state index < -0.39 is 0 Å². The molecule has 1 aromatic rings. The summed E-state index contributed by atoms with van der Waals surface area (Å²) in [5.41, 5.74) is 0. The number of nitrogens with one attached hydrogen (secondary N) is 1. The summed E-state index contributed by atoms with van der Waals surface area (Å²) in [5, 5.41) is 3.44. The highest BCUT2D eigenvalue weighted by molar-refractivity contribution is 5.05. The Morgan fingerprint density at radius 1 is 1.29 bits per heavy atom. The van der Waals surface area contributed by atoms with Crippen LogP contribution in [0.1, 0.15) is 38.2 Å². The summed E-state index contributed by atoms with van der Waals surface area (Å²) in [6.45, 7) is 9.51. The highest BCUT2D eigenvalue weighted by atomic mass is 16.3. The third kappa shape index (κ3) is 6.49. The van der Waals surface area contributed by atoms with Crippen LogP contribution in [0, 0.1) is 6.92 Å². The van der Waals surface area contributed by atoms with E-state index in [1.54, 1.807) is 0 Å². The van der Waals surface area contributed by atoms with Gasteiger partial charge in [0.2, 0.25) is 0 Å². The van der Waals surface area contributed by atoms with E-state index in [2.05, 4.69) is 37.2 Å². The molecule has 0 saturated carbocycles. The molecule has 98 valence electrons. The van der Waals surface area contributed by atoms with Crippen LogP contribution in [0.15, 0.2) is 16.5 Å². The zero-order valence-corrected chi connectivity index (χ0v) is 11.6. The van der Waals surface area contributed by atoms with Crippen LogP contribution in [0.4, 0.5) is 0 Å². The van der Waals surface area contributed by atoms with Crippen molar-refractivity contribution in [1.29, 1.82) is 0 Å². The molecule has 1 N–H and O–H groups in total. The van der Waals surface area contributed by atoms with Crippen molar-refractivity contribution < 1.29 is 4.42 Å². The molecule has 0 bridgehead atoms. The number of nitrogens with zero attached hydrogens (tertiary/aromatic N) is 1. The van der Waals surface area contributed by atoms with Gasteiger partial charge in [0, 0.05) is 6.04 Å². The monoisotopic (exact) mass is 238 g/mol. The van der Waals surface area contributed by atoms with Crippen LogP contribution in [-0.4, -0.2) is 31.1 Å². The average Bonchev–Trinajstić information content (AvgIpc) is 2.63. The molecule has 0 saturated heterocycles. The normalized spacial score (nSPS) is 11.6. The molecule has 3 heteroatoms. The van der Waals surface area contributed by atoms with Gasteiger partial charge in [-0.3, -0.25) is 4.90 Å². The average molecular weight is 238 g/mol. The van der Waals surface area contributed by atoms with Crippen molar-refractivity contribution in [2.75, 3.05) is 20.1 Å². The third-order valence-corrected chi connectivity index (χ3v) is 2.74. The fraction of sp³-hybridized carbons (Fsp3) is 0.714.